The molecule has 0 aliphatic carbocycles. The van der Waals surface area contributed by atoms with E-state index in [-0.39, 0.29) is 16.2 Å². The number of ether oxygens (including phenoxy) is 1. The number of para-hydroxylation sites is 3. The third-order valence-corrected chi connectivity index (χ3v) is 12.0. The average Bonchev–Trinajstić information content (AvgIpc) is 3.75. The van der Waals surface area contributed by atoms with Crippen molar-refractivity contribution in [1.29, 1.82) is 0 Å². The first-order valence-electron chi connectivity index (χ1n) is 21.3. The molecule has 5 heteroatoms. The number of fused-ring (bicyclic) bond motifs is 4. The summed E-state index contributed by atoms with van der Waals surface area (Å²) in [6.07, 6.45) is 1.92. The van der Waals surface area contributed by atoms with Crippen LogP contribution in [0.1, 0.15) is 84.6 Å². The summed E-state index contributed by atoms with van der Waals surface area (Å²) in [5, 5.41) is 2.36. The van der Waals surface area contributed by atoms with Crippen LogP contribution in [0, 0.1) is 0 Å². The summed E-state index contributed by atoms with van der Waals surface area (Å²) in [7, 11) is 0. The molecular weight excluding hydrogens is 733 g/mol. The Morgan fingerprint density at radius 2 is 1.20 bits per heavy atom. The molecule has 0 saturated heterocycles. The highest BCUT2D eigenvalue weighted by molar-refractivity contribution is 6.09. The smallest absolute Gasteiger partial charge is 0.137 e. The molecule has 0 unspecified atom stereocenters. The molecule has 60 heavy (non-hydrogen) atoms. The standard InChI is InChI=1S/C55H56N4O/c1-53(2,3)39-17-14-16-37(30-39)45-26-24-40(54(4,5)6)31-38(45)35-57-36-58(50-23-13-12-22-49(50)57)42-18-15-19-43(33-42)60-44-25-27-47-46-20-10-11-21-48(46)59(51(47)34-44)52-32-41(28-29-56-52)55(7,8)9/h10-34H,35-36H2,1-9H3. The second kappa shape index (κ2) is 14.7. The van der Waals surface area contributed by atoms with Crippen LogP contribution >= 0.6 is 0 Å². The van der Waals surface area contributed by atoms with Crippen LogP contribution in [0.4, 0.5) is 17.1 Å². The first kappa shape index (κ1) is 39.1. The predicted molar refractivity (Wildman–Crippen MR) is 253 cm³/mol. The van der Waals surface area contributed by atoms with Gasteiger partial charge in [0.25, 0.3) is 0 Å². The van der Waals surface area contributed by atoms with Gasteiger partial charge in [-0.1, -0.05) is 141 Å². The number of pyridine rings is 1. The minimum absolute atomic E-state index is 0.00152. The minimum atomic E-state index is 0.00152. The second-order valence-electron chi connectivity index (χ2n) is 19.5. The predicted octanol–water partition coefficient (Wildman–Crippen LogP) is 14.6. The molecule has 0 amide bonds. The van der Waals surface area contributed by atoms with Crippen molar-refractivity contribution in [3.05, 3.63) is 174 Å². The van der Waals surface area contributed by atoms with Gasteiger partial charge in [-0.15, -0.1) is 0 Å². The summed E-state index contributed by atoms with van der Waals surface area (Å²) in [5.41, 5.74) is 13.6. The fourth-order valence-corrected chi connectivity index (χ4v) is 8.59. The van der Waals surface area contributed by atoms with Crippen LogP contribution < -0.4 is 14.5 Å². The molecule has 0 bridgehead atoms. The van der Waals surface area contributed by atoms with E-state index in [0.717, 1.165) is 47.3 Å². The van der Waals surface area contributed by atoms with Crippen molar-refractivity contribution in [2.75, 3.05) is 16.5 Å². The van der Waals surface area contributed by atoms with E-state index in [0.29, 0.717) is 0 Å². The van der Waals surface area contributed by atoms with Gasteiger partial charge in [0.2, 0.25) is 0 Å². The third kappa shape index (κ3) is 7.42. The van der Waals surface area contributed by atoms with Crippen molar-refractivity contribution < 1.29 is 4.74 Å². The van der Waals surface area contributed by atoms with Gasteiger partial charge >= 0.3 is 0 Å². The van der Waals surface area contributed by atoms with Gasteiger partial charge in [-0.2, -0.15) is 0 Å². The number of aromatic nitrogens is 2. The van der Waals surface area contributed by atoms with Crippen molar-refractivity contribution in [3.8, 4) is 28.4 Å². The Kier molecular flexibility index (Phi) is 9.62. The Morgan fingerprint density at radius 3 is 1.98 bits per heavy atom. The highest BCUT2D eigenvalue weighted by Crippen LogP contribution is 2.44. The largest absolute Gasteiger partial charge is 0.457 e. The number of benzene rings is 6. The highest BCUT2D eigenvalue weighted by Gasteiger charge is 2.29. The van der Waals surface area contributed by atoms with Gasteiger partial charge in [0, 0.05) is 41.3 Å². The van der Waals surface area contributed by atoms with Crippen molar-refractivity contribution in [2.24, 2.45) is 0 Å². The summed E-state index contributed by atoms with van der Waals surface area (Å²) in [5.74, 6) is 2.47. The van der Waals surface area contributed by atoms with Crippen LogP contribution in [0.5, 0.6) is 11.5 Å². The third-order valence-electron chi connectivity index (χ3n) is 12.0. The maximum Gasteiger partial charge on any atom is 0.137 e. The van der Waals surface area contributed by atoms with E-state index in [9.17, 15) is 0 Å². The second-order valence-corrected chi connectivity index (χ2v) is 19.5. The molecule has 9 rings (SSSR count). The fourth-order valence-electron chi connectivity index (χ4n) is 8.59. The zero-order chi connectivity index (χ0) is 42.0. The Labute approximate surface area is 355 Å². The van der Waals surface area contributed by atoms with Gasteiger partial charge in [-0.25, -0.2) is 4.98 Å². The van der Waals surface area contributed by atoms with Gasteiger partial charge in [0.05, 0.1) is 29.1 Å². The van der Waals surface area contributed by atoms with E-state index < -0.39 is 0 Å². The van der Waals surface area contributed by atoms with Gasteiger partial charge in [-0.3, -0.25) is 4.57 Å². The summed E-state index contributed by atoms with van der Waals surface area (Å²) >= 11 is 0. The van der Waals surface area contributed by atoms with Crippen molar-refractivity contribution >= 4 is 38.9 Å². The van der Waals surface area contributed by atoms with Crippen LogP contribution in [0.25, 0.3) is 38.8 Å². The number of anilines is 3. The van der Waals surface area contributed by atoms with Gasteiger partial charge in [-0.05, 0) is 104 Å². The van der Waals surface area contributed by atoms with Crippen LogP contribution in [0.2, 0.25) is 0 Å². The number of rotatable bonds is 7. The fraction of sp³-hybridized carbons (Fsp3) is 0.255. The number of hydrogen-bond acceptors (Lipinski definition) is 4. The van der Waals surface area contributed by atoms with Gasteiger partial charge in [0.15, 0.2) is 0 Å². The van der Waals surface area contributed by atoms with Crippen molar-refractivity contribution in [2.45, 2.75) is 85.1 Å². The Bertz CT molecular complexity index is 2880. The van der Waals surface area contributed by atoms with E-state index in [4.69, 9.17) is 9.72 Å². The quantitative estimate of drug-likeness (QED) is 0.161. The van der Waals surface area contributed by atoms with Crippen molar-refractivity contribution in [3.63, 3.8) is 0 Å². The molecule has 2 aromatic heterocycles. The lowest BCUT2D eigenvalue weighted by atomic mass is 9.82. The van der Waals surface area contributed by atoms with Crippen LogP contribution in [-0.4, -0.2) is 16.2 Å². The average molecular weight is 789 g/mol. The summed E-state index contributed by atoms with van der Waals surface area (Å²) < 4.78 is 9.00. The minimum Gasteiger partial charge on any atom is -0.457 e. The molecule has 0 saturated carbocycles. The monoisotopic (exact) mass is 788 g/mol. The first-order chi connectivity index (χ1) is 28.6. The molecular formula is C55H56N4O. The lowest BCUT2D eigenvalue weighted by Gasteiger charge is -2.26. The normalized spacial score (nSPS) is 13.3. The SMILES string of the molecule is CC(C)(C)c1cccc(-c2ccc(C(C)(C)C)cc2CN2CN(c3cccc(Oc4ccc5c6ccccc6n(-c6cc(C(C)(C)C)ccn6)c5c4)c3)c3ccccc32)c1. The summed E-state index contributed by atoms with van der Waals surface area (Å²) in [4.78, 5) is 9.79. The zero-order valence-electron chi connectivity index (χ0n) is 36.5. The molecule has 8 aromatic rings. The van der Waals surface area contributed by atoms with Crippen LogP contribution in [-0.2, 0) is 22.8 Å². The van der Waals surface area contributed by atoms with E-state index in [2.05, 4.69) is 216 Å². The summed E-state index contributed by atoms with van der Waals surface area (Å²) in [6, 6.07) is 52.8. The van der Waals surface area contributed by atoms with E-state index in [1.165, 1.54) is 55.5 Å². The molecule has 3 heterocycles. The molecule has 5 nitrogen and oxygen atoms in total. The van der Waals surface area contributed by atoms with Gasteiger partial charge in [0.1, 0.15) is 17.3 Å². The van der Waals surface area contributed by atoms with Crippen molar-refractivity contribution in [1.82, 2.24) is 9.55 Å². The molecule has 0 fully saturated rings. The van der Waals surface area contributed by atoms with Crippen LogP contribution in [0.15, 0.2) is 152 Å². The highest BCUT2D eigenvalue weighted by atomic mass is 16.5. The maximum atomic E-state index is 6.73. The van der Waals surface area contributed by atoms with E-state index in [1.807, 2.05) is 12.3 Å². The molecule has 0 spiro atoms. The Hall–Kier alpha value is -6.33. The van der Waals surface area contributed by atoms with E-state index in [1.54, 1.807) is 0 Å². The lowest BCUT2D eigenvalue weighted by Crippen LogP contribution is -2.28. The first-order valence-corrected chi connectivity index (χ1v) is 21.3. The Morgan fingerprint density at radius 1 is 0.533 bits per heavy atom. The molecule has 6 aromatic carbocycles. The van der Waals surface area contributed by atoms with Gasteiger partial charge < -0.3 is 14.5 Å². The molecule has 0 radical (unpaired) electrons. The summed E-state index contributed by atoms with van der Waals surface area (Å²) in [6.45, 7) is 22.0. The lowest BCUT2D eigenvalue weighted by molar-refractivity contribution is 0.483. The number of hydrogen-bond donors (Lipinski definition) is 0. The molecule has 1 aliphatic heterocycles. The molecule has 1 aliphatic rings. The van der Waals surface area contributed by atoms with Crippen LogP contribution in [0.3, 0.4) is 0 Å². The Balaban J connectivity index is 1.04. The molecule has 0 atom stereocenters. The number of nitrogens with zero attached hydrogens (tertiary/aromatic N) is 4. The van der Waals surface area contributed by atoms with E-state index >= 15 is 0 Å². The topological polar surface area (TPSA) is 33.5 Å². The molecule has 0 N–H and O–H groups in total. The zero-order valence-corrected chi connectivity index (χ0v) is 36.5. The molecule has 302 valence electrons. The maximum absolute atomic E-state index is 6.73.